The van der Waals surface area contributed by atoms with Gasteiger partial charge in [0.15, 0.2) is 0 Å². The van der Waals surface area contributed by atoms with E-state index in [0.717, 1.165) is 17.9 Å². The van der Waals surface area contributed by atoms with Crippen molar-refractivity contribution in [2.45, 2.75) is 84.0 Å². The van der Waals surface area contributed by atoms with E-state index >= 15 is 0 Å². The molecule has 0 aliphatic carbocycles. The van der Waals surface area contributed by atoms with Gasteiger partial charge < -0.3 is 0 Å². The summed E-state index contributed by atoms with van der Waals surface area (Å²) in [5, 5.41) is 0.952. The maximum Gasteiger partial charge on any atom is 0.253 e. The lowest BCUT2D eigenvalue weighted by Gasteiger charge is -2.12. The Morgan fingerprint density at radius 3 is 1.75 bits per heavy atom. The van der Waals surface area contributed by atoms with Crippen molar-refractivity contribution in [2.24, 2.45) is 0 Å². The number of nitrogens with zero attached hydrogens (tertiary/aromatic N) is 1. The zero-order valence-corrected chi connectivity index (χ0v) is 12.9. The molecule has 0 aromatic rings. The second-order valence-corrected chi connectivity index (χ2v) is 5.60. The number of imide groups is 1. The number of amides is 2. The molecule has 4 heteroatoms. The largest absolute Gasteiger partial charge is 0.272 e. The lowest BCUT2D eigenvalue weighted by Crippen LogP contribution is -2.29. The third kappa shape index (κ3) is 7.04. The van der Waals surface area contributed by atoms with Crippen LogP contribution in [0.2, 0.25) is 0 Å². The van der Waals surface area contributed by atoms with E-state index in [-0.39, 0.29) is 11.8 Å². The van der Waals surface area contributed by atoms with Gasteiger partial charge in [0, 0.05) is 12.8 Å². The van der Waals surface area contributed by atoms with Gasteiger partial charge in [-0.2, -0.15) is 5.06 Å². The number of carbonyl (C=O) groups is 2. The Bertz CT molecular complexity index is 275. The van der Waals surface area contributed by atoms with Crippen molar-refractivity contribution in [2.75, 3.05) is 6.61 Å². The number of carbonyl (C=O) groups excluding carboxylic acids is 2. The Morgan fingerprint density at radius 2 is 1.25 bits per heavy atom. The van der Waals surface area contributed by atoms with E-state index < -0.39 is 0 Å². The van der Waals surface area contributed by atoms with Crippen LogP contribution in [0.3, 0.4) is 0 Å². The summed E-state index contributed by atoms with van der Waals surface area (Å²) >= 11 is 0. The zero-order chi connectivity index (χ0) is 14.6. The molecule has 0 spiro atoms. The van der Waals surface area contributed by atoms with Gasteiger partial charge >= 0.3 is 0 Å². The van der Waals surface area contributed by atoms with Gasteiger partial charge in [-0.15, -0.1) is 0 Å². The molecule has 1 aliphatic rings. The molecule has 1 fully saturated rings. The Labute approximate surface area is 122 Å². The summed E-state index contributed by atoms with van der Waals surface area (Å²) in [6, 6.07) is 0. The highest BCUT2D eigenvalue weighted by atomic mass is 16.7. The van der Waals surface area contributed by atoms with Crippen molar-refractivity contribution in [3.8, 4) is 0 Å². The monoisotopic (exact) mass is 283 g/mol. The Balaban J connectivity index is 1.83. The molecule has 0 saturated carbocycles. The summed E-state index contributed by atoms with van der Waals surface area (Å²) in [4.78, 5) is 27.8. The van der Waals surface area contributed by atoms with Crippen molar-refractivity contribution < 1.29 is 14.4 Å². The van der Waals surface area contributed by atoms with Gasteiger partial charge in [-0.25, -0.2) is 0 Å². The maximum absolute atomic E-state index is 11.3. The van der Waals surface area contributed by atoms with E-state index in [2.05, 4.69) is 6.92 Å². The van der Waals surface area contributed by atoms with Crippen molar-refractivity contribution in [3.05, 3.63) is 0 Å². The van der Waals surface area contributed by atoms with E-state index in [9.17, 15) is 9.59 Å². The first-order valence-electron chi connectivity index (χ1n) is 8.24. The number of hydrogen-bond donors (Lipinski definition) is 0. The standard InChI is InChI=1S/C16H29NO3/c1-2-3-4-5-6-7-8-9-10-11-14-20-17-15(18)12-13-16(17)19/h2-14H2,1H3. The molecule has 0 bridgehead atoms. The Hall–Kier alpha value is -0.900. The molecule has 1 rings (SSSR count). The van der Waals surface area contributed by atoms with E-state index in [1.54, 1.807) is 0 Å². The normalized spacial score (nSPS) is 15.3. The maximum atomic E-state index is 11.3. The van der Waals surface area contributed by atoms with Gasteiger partial charge in [-0.05, 0) is 6.42 Å². The van der Waals surface area contributed by atoms with Crippen LogP contribution in [0.25, 0.3) is 0 Å². The Kier molecular flexibility index (Phi) is 9.29. The summed E-state index contributed by atoms with van der Waals surface area (Å²) in [7, 11) is 0. The lowest BCUT2D eigenvalue weighted by atomic mass is 10.1. The molecule has 0 unspecified atom stereocenters. The van der Waals surface area contributed by atoms with Crippen LogP contribution in [0, 0.1) is 0 Å². The molecular weight excluding hydrogens is 254 g/mol. The summed E-state index contributed by atoms with van der Waals surface area (Å²) in [5.41, 5.74) is 0. The molecule has 20 heavy (non-hydrogen) atoms. The summed E-state index contributed by atoms with van der Waals surface area (Å²) in [6.07, 6.45) is 13.3. The number of hydrogen-bond acceptors (Lipinski definition) is 3. The first-order valence-corrected chi connectivity index (χ1v) is 8.24. The number of hydroxylamine groups is 2. The molecule has 0 radical (unpaired) electrons. The molecule has 0 aromatic carbocycles. The smallest absolute Gasteiger partial charge is 0.253 e. The molecule has 4 nitrogen and oxygen atoms in total. The molecule has 0 atom stereocenters. The average molecular weight is 283 g/mol. The third-order valence-electron chi connectivity index (χ3n) is 3.72. The third-order valence-corrected chi connectivity index (χ3v) is 3.72. The van der Waals surface area contributed by atoms with Crippen LogP contribution in [-0.2, 0) is 14.4 Å². The van der Waals surface area contributed by atoms with Crippen LogP contribution in [0.5, 0.6) is 0 Å². The first-order chi connectivity index (χ1) is 9.75. The highest BCUT2D eigenvalue weighted by molar-refractivity contribution is 6.00. The predicted octanol–water partition coefficient (Wildman–Crippen LogP) is 3.99. The fourth-order valence-electron chi connectivity index (χ4n) is 2.45. The summed E-state index contributed by atoms with van der Waals surface area (Å²) < 4.78 is 0. The van der Waals surface area contributed by atoms with Gasteiger partial charge in [-0.1, -0.05) is 64.7 Å². The van der Waals surface area contributed by atoms with E-state index in [4.69, 9.17) is 4.84 Å². The van der Waals surface area contributed by atoms with Crippen LogP contribution in [0.1, 0.15) is 84.0 Å². The number of unbranched alkanes of at least 4 members (excludes halogenated alkanes) is 9. The lowest BCUT2D eigenvalue weighted by molar-refractivity contribution is -0.187. The average Bonchev–Trinajstić information content (AvgIpc) is 2.76. The number of rotatable bonds is 12. The zero-order valence-electron chi connectivity index (χ0n) is 12.9. The van der Waals surface area contributed by atoms with Gasteiger partial charge in [-0.3, -0.25) is 14.4 Å². The van der Waals surface area contributed by atoms with E-state index in [1.165, 1.54) is 51.4 Å². The predicted molar refractivity (Wildman–Crippen MR) is 78.9 cm³/mol. The fraction of sp³-hybridized carbons (Fsp3) is 0.875. The molecule has 0 aromatic heterocycles. The van der Waals surface area contributed by atoms with Crippen LogP contribution < -0.4 is 0 Å². The van der Waals surface area contributed by atoms with Crippen molar-refractivity contribution in [3.63, 3.8) is 0 Å². The molecule has 1 saturated heterocycles. The van der Waals surface area contributed by atoms with Crippen molar-refractivity contribution in [1.29, 1.82) is 0 Å². The second kappa shape index (κ2) is 10.8. The van der Waals surface area contributed by atoms with E-state index in [0.29, 0.717) is 19.4 Å². The fourth-order valence-corrected chi connectivity index (χ4v) is 2.45. The molecule has 1 aliphatic heterocycles. The van der Waals surface area contributed by atoms with Crippen molar-refractivity contribution in [1.82, 2.24) is 5.06 Å². The highest BCUT2D eigenvalue weighted by Gasteiger charge is 2.29. The van der Waals surface area contributed by atoms with Crippen LogP contribution in [-0.4, -0.2) is 23.5 Å². The van der Waals surface area contributed by atoms with Gasteiger partial charge in [0.1, 0.15) is 0 Å². The quantitative estimate of drug-likeness (QED) is 0.402. The minimum Gasteiger partial charge on any atom is -0.272 e. The van der Waals surface area contributed by atoms with Crippen LogP contribution >= 0.6 is 0 Å². The molecule has 1 heterocycles. The van der Waals surface area contributed by atoms with Gasteiger partial charge in [0.2, 0.25) is 0 Å². The van der Waals surface area contributed by atoms with E-state index in [1.807, 2.05) is 0 Å². The van der Waals surface area contributed by atoms with Crippen molar-refractivity contribution >= 4 is 11.8 Å². The van der Waals surface area contributed by atoms with Crippen LogP contribution in [0.15, 0.2) is 0 Å². The second-order valence-electron chi connectivity index (χ2n) is 5.60. The van der Waals surface area contributed by atoms with Gasteiger partial charge in [0.05, 0.1) is 6.61 Å². The highest BCUT2D eigenvalue weighted by Crippen LogP contribution is 2.13. The summed E-state index contributed by atoms with van der Waals surface area (Å²) in [5.74, 6) is -0.385. The molecule has 0 N–H and O–H groups in total. The minimum absolute atomic E-state index is 0.193. The SMILES string of the molecule is CCCCCCCCCCCCON1C(=O)CCC1=O. The van der Waals surface area contributed by atoms with Crippen LogP contribution in [0.4, 0.5) is 0 Å². The molecule has 2 amide bonds. The minimum atomic E-state index is -0.193. The summed E-state index contributed by atoms with van der Waals surface area (Å²) in [6.45, 7) is 2.72. The first kappa shape index (κ1) is 17.2. The van der Waals surface area contributed by atoms with Gasteiger partial charge in [0.25, 0.3) is 11.8 Å². The molecule has 116 valence electrons. The Morgan fingerprint density at radius 1 is 0.800 bits per heavy atom. The molecular formula is C16H29NO3. The topological polar surface area (TPSA) is 46.6 Å².